The Morgan fingerprint density at radius 1 is 1.33 bits per heavy atom. The molecule has 1 aliphatic rings. The number of amides is 1. The van der Waals surface area contributed by atoms with Gasteiger partial charge in [0.1, 0.15) is 12.4 Å². The number of carbonyl (C=O) groups excluding carboxylic acids is 1. The molecule has 0 saturated carbocycles. The van der Waals surface area contributed by atoms with E-state index in [9.17, 15) is 4.79 Å². The van der Waals surface area contributed by atoms with Crippen LogP contribution >= 0.6 is 0 Å². The van der Waals surface area contributed by atoms with Crippen LogP contribution in [0.4, 0.5) is 0 Å². The zero-order chi connectivity index (χ0) is 18.6. The summed E-state index contributed by atoms with van der Waals surface area (Å²) in [6.45, 7) is 2.99. The minimum Gasteiger partial charge on any atom is -0.487 e. The average molecular weight is 364 g/mol. The molecule has 0 spiro atoms. The Morgan fingerprint density at radius 2 is 2.26 bits per heavy atom. The molecule has 8 heteroatoms. The van der Waals surface area contributed by atoms with E-state index < -0.39 is 0 Å². The molecule has 0 aliphatic carbocycles. The number of aromatic nitrogens is 5. The number of nitrogens with one attached hydrogen (secondary N) is 1. The van der Waals surface area contributed by atoms with Crippen LogP contribution in [0.1, 0.15) is 46.3 Å². The summed E-state index contributed by atoms with van der Waals surface area (Å²) in [5.41, 5.74) is 2.50. The molecule has 1 amide bonds. The van der Waals surface area contributed by atoms with E-state index in [-0.39, 0.29) is 11.9 Å². The standard InChI is InChI=1S/C19H20N6O2/c1-13-7-8-16(11-20-13)27-12-14-4-2-5-15(10-14)19(26)25-9-3-6-17(25)18-21-23-24-22-18/h2,4-5,7-8,10-11,17H,3,6,9,12H2,1H3,(H,21,22,23,24)/t17-/m0/s1. The molecule has 0 bridgehead atoms. The Morgan fingerprint density at radius 3 is 3.04 bits per heavy atom. The molecular weight excluding hydrogens is 344 g/mol. The first kappa shape index (κ1) is 17.1. The number of hydrogen-bond donors (Lipinski definition) is 1. The highest BCUT2D eigenvalue weighted by Gasteiger charge is 2.33. The van der Waals surface area contributed by atoms with E-state index in [1.54, 1.807) is 6.20 Å². The first-order valence-corrected chi connectivity index (χ1v) is 8.89. The molecule has 1 aliphatic heterocycles. The summed E-state index contributed by atoms with van der Waals surface area (Å²) in [5.74, 6) is 1.24. The van der Waals surface area contributed by atoms with Crippen LogP contribution in [-0.4, -0.2) is 43.0 Å². The highest BCUT2D eigenvalue weighted by atomic mass is 16.5. The van der Waals surface area contributed by atoms with Gasteiger partial charge in [-0.2, -0.15) is 5.21 Å². The Kier molecular flexibility index (Phi) is 4.78. The number of carbonyl (C=O) groups is 1. The number of likely N-dealkylation sites (tertiary alicyclic amines) is 1. The maximum absolute atomic E-state index is 13.0. The predicted molar refractivity (Wildman–Crippen MR) is 96.9 cm³/mol. The number of aryl methyl sites for hydroxylation is 1. The minimum atomic E-state index is -0.130. The monoisotopic (exact) mass is 364 g/mol. The lowest BCUT2D eigenvalue weighted by molar-refractivity contribution is 0.0729. The zero-order valence-electron chi connectivity index (χ0n) is 15.0. The lowest BCUT2D eigenvalue weighted by atomic mass is 10.1. The van der Waals surface area contributed by atoms with Gasteiger partial charge in [-0.25, -0.2) is 0 Å². The van der Waals surface area contributed by atoms with Crippen LogP contribution in [0.5, 0.6) is 5.75 Å². The fourth-order valence-corrected chi connectivity index (χ4v) is 3.26. The van der Waals surface area contributed by atoms with Crippen LogP contribution in [0.2, 0.25) is 0 Å². The number of H-pyrrole nitrogens is 1. The number of tetrazole rings is 1. The largest absolute Gasteiger partial charge is 0.487 e. The molecule has 4 rings (SSSR count). The number of aromatic amines is 1. The van der Waals surface area contributed by atoms with Gasteiger partial charge >= 0.3 is 0 Å². The van der Waals surface area contributed by atoms with E-state index in [1.807, 2.05) is 48.2 Å². The second kappa shape index (κ2) is 7.53. The highest BCUT2D eigenvalue weighted by Crippen LogP contribution is 2.30. The van der Waals surface area contributed by atoms with Gasteiger partial charge < -0.3 is 9.64 Å². The van der Waals surface area contributed by atoms with Crippen molar-refractivity contribution in [2.24, 2.45) is 0 Å². The number of nitrogens with zero attached hydrogens (tertiary/aromatic N) is 5. The molecule has 2 aromatic heterocycles. The first-order valence-electron chi connectivity index (χ1n) is 8.89. The number of ether oxygens (including phenoxy) is 1. The van der Waals surface area contributed by atoms with Crippen molar-refractivity contribution in [1.82, 2.24) is 30.5 Å². The topological polar surface area (TPSA) is 96.9 Å². The fraction of sp³-hybridized carbons (Fsp3) is 0.316. The summed E-state index contributed by atoms with van der Waals surface area (Å²) in [4.78, 5) is 19.0. The number of rotatable bonds is 5. The van der Waals surface area contributed by atoms with Crippen LogP contribution in [-0.2, 0) is 6.61 Å². The summed E-state index contributed by atoms with van der Waals surface area (Å²) in [6, 6.07) is 11.2. The van der Waals surface area contributed by atoms with Gasteiger partial charge in [-0.15, -0.1) is 10.2 Å². The quantitative estimate of drug-likeness (QED) is 0.747. The third kappa shape index (κ3) is 3.79. The molecule has 1 fully saturated rings. The summed E-state index contributed by atoms with van der Waals surface area (Å²) in [5, 5.41) is 14.2. The summed E-state index contributed by atoms with van der Waals surface area (Å²) in [6.07, 6.45) is 3.47. The Hall–Kier alpha value is -3.29. The molecule has 0 unspecified atom stereocenters. The third-order valence-electron chi connectivity index (χ3n) is 4.64. The fourth-order valence-electron chi connectivity index (χ4n) is 3.26. The maximum Gasteiger partial charge on any atom is 0.254 e. The number of benzene rings is 1. The molecule has 0 radical (unpaired) electrons. The van der Waals surface area contributed by atoms with E-state index in [0.717, 1.165) is 24.1 Å². The second-order valence-electron chi connectivity index (χ2n) is 6.55. The summed E-state index contributed by atoms with van der Waals surface area (Å²) < 4.78 is 5.77. The van der Waals surface area contributed by atoms with Gasteiger partial charge in [0.25, 0.3) is 5.91 Å². The lowest BCUT2D eigenvalue weighted by Gasteiger charge is -2.22. The summed E-state index contributed by atoms with van der Waals surface area (Å²) in [7, 11) is 0. The van der Waals surface area contributed by atoms with Crippen molar-refractivity contribution in [1.29, 1.82) is 0 Å². The minimum absolute atomic E-state index is 0.0267. The van der Waals surface area contributed by atoms with Crippen molar-refractivity contribution in [3.8, 4) is 5.75 Å². The average Bonchev–Trinajstić information content (AvgIpc) is 3.38. The van der Waals surface area contributed by atoms with E-state index in [1.165, 1.54) is 0 Å². The van der Waals surface area contributed by atoms with Crippen LogP contribution in [0.25, 0.3) is 0 Å². The van der Waals surface area contributed by atoms with E-state index >= 15 is 0 Å². The van der Waals surface area contributed by atoms with Crippen LogP contribution < -0.4 is 4.74 Å². The summed E-state index contributed by atoms with van der Waals surface area (Å²) >= 11 is 0. The molecular formula is C19H20N6O2. The zero-order valence-corrected chi connectivity index (χ0v) is 15.0. The number of hydrogen-bond acceptors (Lipinski definition) is 6. The molecule has 138 valence electrons. The number of pyridine rings is 1. The normalized spacial score (nSPS) is 16.5. The molecule has 27 heavy (non-hydrogen) atoms. The molecule has 3 aromatic rings. The Labute approximate surface area is 156 Å². The smallest absolute Gasteiger partial charge is 0.254 e. The molecule has 1 aromatic carbocycles. The van der Waals surface area contributed by atoms with Crippen LogP contribution in [0, 0.1) is 6.92 Å². The first-order chi connectivity index (χ1) is 13.2. The molecule has 3 heterocycles. The second-order valence-corrected chi connectivity index (χ2v) is 6.55. The van der Waals surface area contributed by atoms with Gasteiger partial charge in [-0.05, 0) is 49.6 Å². The van der Waals surface area contributed by atoms with E-state index in [4.69, 9.17) is 4.74 Å². The van der Waals surface area contributed by atoms with E-state index in [0.29, 0.717) is 30.3 Å². The van der Waals surface area contributed by atoms with Gasteiger partial charge in [-0.3, -0.25) is 9.78 Å². The third-order valence-corrected chi connectivity index (χ3v) is 4.64. The molecule has 1 saturated heterocycles. The Bertz CT molecular complexity index is 910. The molecule has 1 N–H and O–H groups in total. The van der Waals surface area contributed by atoms with Gasteiger partial charge in [-0.1, -0.05) is 17.3 Å². The lowest BCUT2D eigenvalue weighted by Crippen LogP contribution is -2.31. The van der Waals surface area contributed by atoms with Crippen molar-refractivity contribution in [3.05, 3.63) is 65.2 Å². The van der Waals surface area contributed by atoms with Crippen molar-refractivity contribution >= 4 is 5.91 Å². The molecule has 1 atom stereocenters. The van der Waals surface area contributed by atoms with Crippen molar-refractivity contribution in [2.75, 3.05) is 6.54 Å². The SMILES string of the molecule is Cc1ccc(OCc2cccc(C(=O)N3CCC[C@H]3c3nn[nH]n3)c2)cn1. The van der Waals surface area contributed by atoms with E-state index in [2.05, 4.69) is 25.6 Å². The van der Waals surface area contributed by atoms with Crippen molar-refractivity contribution in [2.45, 2.75) is 32.4 Å². The van der Waals surface area contributed by atoms with Gasteiger partial charge in [0.05, 0.1) is 12.2 Å². The van der Waals surface area contributed by atoms with Crippen LogP contribution in [0.3, 0.4) is 0 Å². The van der Waals surface area contributed by atoms with Gasteiger partial charge in [0, 0.05) is 17.8 Å². The van der Waals surface area contributed by atoms with Gasteiger partial charge in [0.15, 0.2) is 5.82 Å². The maximum atomic E-state index is 13.0. The predicted octanol–water partition coefficient (Wildman–Crippen LogP) is 2.46. The molecule has 8 nitrogen and oxygen atoms in total. The Balaban J connectivity index is 1.46. The van der Waals surface area contributed by atoms with Crippen LogP contribution in [0.15, 0.2) is 42.6 Å². The van der Waals surface area contributed by atoms with Gasteiger partial charge in [0.2, 0.25) is 0 Å². The highest BCUT2D eigenvalue weighted by molar-refractivity contribution is 5.94. The van der Waals surface area contributed by atoms with Crippen molar-refractivity contribution in [3.63, 3.8) is 0 Å². The van der Waals surface area contributed by atoms with Crippen molar-refractivity contribution < 1.29 is 9.53 Å².